The van der Waals surface area contributed by atoms with Crippen LogP contribution >= 0.6 is 0 Å². The van der Waals surface area contributed by atoms with Gasteiger partial charge in [0.05, 0.1) is 25.0 Å². The Kier molecular flexibility index (Phi) is 6.87. The highest BCUT2D eigenvalue weighted by Crippen LogP contribution is 2.27. The van der Waals surface area contributed by atoms with Gasteiger partial charge in [0.25, 0.3) is 0 Å². The summed E-state index contributed by atoms with van der Waals surface area (Å²) in [5.74, 6) is 0.876. The minimum atomic E-state index is 0.276. The monoisotopic (exact) mass is 268 g/mol. The van der Waals surface area contributed by atoms with Crippen molar-refractivity contribution in [3.63, 3.8) is 0 Å². The van der Waals surface area contributed by atoms with E-state index in [-0.39, 0.29) is 6.04 Å². The Hall–Kier alpha value is -1.07. The lowest BCUT2D eigenvalue weighted by atomic mass is 10.1. The van der Waals surface area contributed by atoms with Crippen LogP contribution in [0, 0.1) is 0 Å². The van der Waals surface area contributed by atoms with Gasteiger partial charge in [-0.05, 0) is 40.0 Å². The van der Waals surface area contributed by atoms with Gasteiger partial charge in [0.15, 0.2) is 5.75 Å². The van der Waals surface area contributed by atoms with Gasteiger partial charge in [-0.15, -0.1) is 0 Å². The van der Waals surface area contributed by atoms with E-state index in [0.29, 0.717) is 0 Å². The topological polar surface area (TPSA) is 42.3 Å². The smallest absolute Gasteiger partial charge is 0.161 e. The van der Waals surface area contributed by atoms with E-state index in [4.69, 9.17) is 4.74 Å². The van der Waals surface area contributed by atoms with E-state index in [1.807, 2.05) is 11.7 Å². The van der Waals surface area contributed by atoms with Crippen LogP contribution in [0.25, 0.3) is 0 Å². The number of aromatic nitrogens is 2. The third-order valence-electron chi connectivity index (χ3n) is 3.67. The van der Waals surface area contributed by atoms with Gasteiger partial charge in [-0.2, -0.15) is 5.10 Å². The predicted octanol–water partition coefficient (Wildman–Crippen LogP) is 1.90. The normalized spacial score (nSPS) is 12.9. The fourth-order valence-corrected chi connectivity index (χ4v) is 2.41. The molecule has 0 bridgehead atoms. The number of ether oxygens (including phenoxy) is 1. The molecular weight excluding hydrogens is 240 g/mol. The first kappa shape index (κ1) is 16.0. The van der Waals surface area contributed by atoms with Crippen molar-refractivity contribution >= 4 is 0 Å². The summed E-state index contributed by atoms with van der Waals surface area (Å²) in [5, 5.41) is 7.77. The SMILES string of the molecule is CCN(CC)CCC(NC)c1c(OC)cnn1CC. The van der Waals surface area contributed by atoms with Gasteiger partial charge in [0.2, 0.25) is 0 Å². The van der Waals surface area contributed by atoms with Gasteiger partial charge in [0, 0.05) is 6.54 Å². The van der Waals surface area contributed by atoms with Crippen LogP contribution in [0.4, 0.5) is 0 Å². The molecule has 1 heterocycles. The van der Waals surface area contributed by atoms with Crippen LogP contribution in [0.15, 0.2) is 6.20 Å². The lowest BCUT2D eigenvalue weighted by Crippen LogP contribution is -2.29. The molecule has 0 radical (unpaired) electrons. The molecule has 0 amide bonds. The summed E-state index contributed by atoms with van der Waals surface area (Å²) < 4.78 is 7.45. The van der Waals surface area contributed by atoms with Gasteiger partial charge in [-0.25, -0.2) is 0 Å². The van der Waals surface area contributed by atoms with Crippen LogP contribution < -0.4 is 10.1 Å². The van der Waals surface area contributed by atoms with Crippen LogP contribution in [0.1, 0.15) is 38.9 Å². The number of nitrogens with zero attached hydrogens (tertiary/aromatic N) is 3. The van der Waals surface area contributed by atoms with Gasteiger partial charge < -0.3 is 15.0 Å². The largest absolute Gasteiger partial charge is 0.493 e. The maximum Gasteiger partial charge on any atom is 0.161 e. The van der Waals surface area contributed by atoms with Crippen molar-refractivity contribution in [3.8, 4) is 5.75 Å². The Balaban J connectivity index is 2.81. The number of hydrogen-bond donors (Lipinski definition) is 1. The number of aryl methyl sites for hydroxylation is 1. The molecular formula is C14H28N4O. The highest BCUT2D eigenvalue weighted by Gasteiger charge is 2.20. The third-order valence-corrected chi connectivity index (χ3v) is 3.67. The second-order valence-corrected chi connectivity index (χ2v) is 4.57. The number of rotatable bonds is 9. The van der Waals surface area contributed by atoms with E-state index in [1.54, 1.807) is 13.3 Å². The fraction of sp³-hybridized carbons (Fsp3) is 0.786. The quantitative estimate of drug-likeness (QED) is 0.743. The molecule has 110 valence electrons. The van der Waals surface area contributed by atoms with Gasteiger partial charge >= 0.3 is 0 Å². The third kappa shape index (κ3) is 3.94. The molecule has 5 heteroatoms. The Morgan fingerprint density at radius 2 is 2.05 bits per heavy atom. The van der Waals surface area contributed by atoms with Crippen LogP contribution in [0.2, 0.25) is 0 Å². The standard InChI is InChI=1S/C14H28N4O/c1-6-17(7-2)10-9-12(15-4)14-13(19-5)11-16-18(14)8-3/h11-12,15H,6-10H2,1-5H3. The van der Waals surface area contributed by atoms with Crippen LogP contribution in [-0.2, 0) is 6.54 Å². The van der Waals surface area contributed by atoms with Crippen molar-refractivity contribution in [3.05, 3.63) is 11.9 Å². The Bertz CT molecular complexity index is 339. The molecule has 1 rings (SSSR count). The molecule has 0 saturated carbocycles. The van der Waals surface area contributed by atoms with Crippen LogP contribution in [-0.4, -0.2) is 48.5 Å². The van der Waals surface area contributed by atoms with Crippen LogP contribution in [0.5, 0.6) is 5.75 Å². The van der Waals surface area contributed by atoms with Crippen molar-refractivity contribution in [2.75, 3.05) is 33.8 Å². The van der Waals surface area contributed by atoms with Crippen molar-refractivity contribution in [2.45, 2.75) is 39.8 Å². The molecule has 1 atom stereocenters. The van der Waals surface area contributed by atoms with E-state index in [0.717, 1.165) is 44.0 Å². The molecule has 0 fully saturated rings. The second kappa shape index (κ2) is 8.17. The molecule has 1 unspecified atom stereocenters. The summed E-state index contributed by atoms with van der Waals surface area (Å²) in [5.41, 5.74) is 1.15. The molecule has 19 heavy (non-hydrogen) atoms. The first-order chi connectivity index (χ1) is 9.21. The maximum atomic E-state index is 5.43. The van der Waals surface area contributed by atoms with E-state index in [2.05, 4.69) is 36.1 Å². The zero-order chi connectivity index (χ0) is 14.3. The van der Waals surface area contributed by atoms with Gasteiger partial charge in [0.1, 0.15) is 0 Å². The molecule has 0 spiro atoms. The van der Waals surface area contributed by atoms with E-state index >= 15 is 0 Å². The fourth-order valence-electron chi connectivity index (χ4n) is 2.41. The molecule has 0 saturated heterocycles. The first-order valence-electron chi connectivity index (χ1n) is 7.20. The number of methoxy groups -OCH3 is 1. The molecule has 1 aromatic heterocycles. The van der Waals surface area contributed by atoms with Gasteiger partial charge in [-0.1, -0.05) is 13.8 Å². The maximum absolute atomic E-state index is 5.43. The van der Waals surface area contributed by atoms with E-state index in [9.17, 15) is 0 Å². The van der Waals surface area contributed by atoms with Gasteiger partial charge in [-0.3, -0.25) is 4.68 Å². The molecule has 0 aliphatic rings. The second-order valence-electron chi connectivity index (χ2n) is 4.57. The Morgan fingerprint density at radius 1 is 1.37 bits per heavy atom. The average molecular weight is 268 g/mol. The summed E-state index contributed by atoms with van der Waals surface area (Å²) >= 11 is 0. The highest BCUT2D eigenvalue weighted by molar-refractivity contribution is 5.28. The summed E-state index contributed by atoms with van der Waals surface area (Å²) in [6, 6.07) is 0.276. The zero-order valence-corrected chi connectivity index (χ0v) is 12.9. The van der Waals surface area contributed by atoms with Crippen molar-refractivity contribution in [2.24, 2.45) is 0 Å². The molecule has 0 aromatic carbocycles. The summed E-state index contributed by atoms with van der Waals surface area (Å²) in [6.07, 6.45) is 2.86. The van der Waals surface area contributed by atoms with Crippen LogP contribution in [0.3, 0.4) is 0 Å². The molecule has 1 aromatic rings. The summed E-state index contributed by atoms with van der Waals surface area (Å²) in [7, 11) is 3.71. The molecule has 0 aliphatic heterocycles. The molecule has 1 N–H and O–H groups in total. The van der Waals surface area contributed by atoms with Crippen molar-refractivity contribution < 1.29 is 4.74 Å². The Labute approximate surface area is 116 Å². The lowest BCUT2D eigenvalue weighted by molar-refractivity contribution is 0.279. The molecule has 0 aliphatic carbocycles. The predicted molar refractivity (Wildman–Crippen MR) is 78.7 cm³/mol. The number of hydrogen-bond acceptors (Lipinski definition) is 4. The first-order valence-corrected chi connectivity index (χ1v) is 7.20. The average Bonchev–Trinajstić information content (AvgIpc) is 2.86. The van der Waals surface area contributed by atoms with Crippen molar-refractivity contribution in [1.29, 1.82) is 0 Å². The minimum absolute atomic E-state index is 0.276. The summed E-state index contributed by atoms with van der Waals surface area (Å²) in [4.78, 5) is 2.43. The minimum Gasteiger partial charge on any atom is -0.493 e. The highest BCUT2D eigenvalue weighted by atomic mass is 16.5. The lowest BCUT2D eigenvalue weighted by Gasteiger charge is -2.23. The molecule has 5 nitrogen and oxygen atoms in total. The van der Waals surface area contributed by atoms with E-state index < -0.39 is 0 Å². The number of nitrogens with one attached hydrogen (secondary N) is 1. The van der Waals surface area contributed by atoms with Crippen molar-refractivity contribution in [1.82, 2.24) is 20.0 Å². The summed E-state index contributed by atoms with van der Waals surface area (Å²) in [6.45, 7) is 10.6. The zero-order valence-electron chi connectivity index (χ0n) is 12.9. The Morgan fingerprint density at radius 3 is 2.53 bits per heavy atom. The van der Waals surface area contributed by atoms with E-state index in [1.165, 1.54) is 0 Å².